The van der Waals surface area contributed by atoms with E-state index in [1.54, 1.807) is 5.57 Å². The van der Waals surface area contributed by atoms with Gasteiger partial charge >= 0.3 is 0 Å². The molecular formula is C21H34O3. The molecule has 0 aromatic carbocycles. The van der Waals surface area contributed by atoms with E-state index in [1.165, 1.54) is 6.42 Å². The molecule has 3 saturated carbocycles. The van der Waals surface area contributed by atoms with Crippen LogP contribution in [0.15, 0.2) is 11.6 Å². The minimum atomic E-state index is -0.292. The van der Waals surface area contributed by atoms with E-state index in [9.17, 15) is 15.3 Å². The second-order valence-electron chi connectivity index (χ2n) is 9.76. The van der Waals surface area contributed by atoms with Gasteiger partial charge in [0.05, 0.1) is 18.3 Å². The largest absolute Gasteiger partial charge is 0.393 e. The van der Waals surface area contributed by atoms with Gasteiger partial charge in [0, 0.05) is 0 Å². The molecule has 0 radical (unpaired) electrons. The number of allylic oxidation sites excluding steroid dienone is 2. The Bertz CT molecular complexity index is 541. The normalized spacial score (nSPS) is 55.2. The SMILES string of the molecule is C[C@@H](O)C1CCC2C3C[C@H](O)[C@H]4C[C@@H](O)CC[C@]4(C)C3=CC[C@@]21C. The van der Waals surface area contributed by atoms with Crippen LogP contribution in [0.5, 0.6) is 0 Å². The summed E-state index contributed by atoms with van der Waals surface area (Å²) in [6.45, 7) is 6.67. The molecule has 0 aliphatic heterocycles. The number of hydrogen-bond acceptors (Lipinski definition) is 3. The smallest absolute Gasteiger partial charge is 0.0583 e. The number of fused-ring (bicyclic) bond motifs is 5. The summed E-state index contributed by atoms with van der Waals surface area (Å²) in [4.78, 5) is 0. The quantitative estimate of drug-likeness (QED) is 0.645. The zero-order chi connectivity index (χ0) is 17.3. The first-order valence-corrected chi connectivity index (χ1v) is 10.0. The van der Waals surface area contributed by atoms with Crippen molar-refractivity contribution in [3.63, 3.8) is 0 Å². The van der Waals surface area contributed by atoms with Crippen LogP contribution in [0.4, 0.5) is 0 Å². The molecule has 3 N–H and O–H groups in total. The average Bonchev–Trinajstić information content (AvgIpc) is 2.87. The molecule has 3 heteroatoms. The number of rotatable bonds is 1. The number of aliphatic hydroxyl groups is 3. The molecule has 0 saturated heterocycles. The first kappa shape index (κ1) is 17.1. The van der Waals surface area contributed by atoms with Crippen LogP contribution in [0.1, 0.15) is 65.7 Å². The van der Waals surface area contributed by atoms with E-state index < -0.39 is 0 Å². The third-order valence-corrected chi connectivity index (χ3v) is 8.67. The van der Waals surface area contributed by atoms with Crippen molar-refractivity contribution in [2.24, 2.45) is 34.5 Å². The van der Waals surface area contributed by atoms with Crippen LogP contribution in [0, 0.1) is 34.5 Å². The third kappa shape index (κ3) is 2.20. The minimum Gasteiger partial charge on any atom is -0.393 e. The molecule has 0 spiro atoms. The van der Waals surface area contributed by atoms with E-state index in [1.807, 2.05) is 6.92 Å². The fraction of sp³-hybridized carbons (Fsp3) is 0.905. The van der Waals surface area contributed by atoms with Crippen LogP contribution < -0.4 is 0 Å². The number of aliphatic hydroxyl groups excluding tert-OH is 3. The lowest BCUT2D eigenvalue weighted by Crippen LogP contribution is -2.54. The lowest BCUT2D eigenvalue weighted by Gasteiger charge is -2.58. The molecule has 4 rings (SSSR count). The molecule has 9 atom stereocenters. The molecule has 4 aliphatic rings. The summed E-state index contributed by atoms with van der Waals surface area (Å²) in [5.74, 6) is 1.66. The lowest BCUT2D eigenvalue weighted by atomic mass is 9.48. The molecule has 0 heterocycles. The highest BCUT2D eigenvalue weighted by Crippen LogP contribution is 2.65. The van der Waals surface area contributed by atoms with Gasteiger partial charge in [-0.2, -0.15) is 0 Å². The second kappa shape index (κ2) is 5.56. The van der Waals surface area contributed by atoms with Crippen molar-refractivity contribution in [3.8, 4) is 0 Å². The molecule has 0 amide bonds. The first-order chi connectivity index (χ1) is 11.3. The fourth-order valence-electron chi connectivity index (χ4n) is 7.38. The van der Waals surface area contributed by atoms with Gasteiger partial charge in [-0.05, 0) is 86.4 Å². The van der Waals surface area contributed by atoms with Crippen LogP contribution in [0.3, 0.4) is 0 Å². The Balaban J connectivity index is 1.71. The van der Waals surface area contributed by atoms with E-state index in [0.29, 0.717) is 17.8 Å². The van der Waals surface area contributed by atoms with Crippen LogP contribution in [-0.4, -0.2) is 33.6 Å². The van der Waals surface area contributed by atoms with Crippen molar-refractivity contribution in [2.45, 2.75) is 84.0 Å². The Morgan fingerprint density at radius 1 is 1.08 bits per heavy atom. The second-order valence-corrected chi connectivity index (χ2v) is 9.76. The van der Waals surface area contributed by atoms with Gasteiger partial charge in [-0.3, -0.25) is 0 Å². The molecule has 3 unspecified atom stereocenters. The maximum absolute atomic E-state index is 10.9. The predicted molar refractivity (Wildman–Crippen MR) is 94.3 cm³/mol. The van der Waals surface area contributed by atoms with Gasteiger partial charge in [0.15, 0.2) is 0 Å². The Labute approximate surface area is 146 Å². The molecule has 0 aromatic heterocycles. The van der Waals surface area contributed by atoms with Crippen LogP contribution in [0.25, 0.3) is 0 Å². The Kier molecular flexibility index (Phi) is 3.95. The highest BCUT2D eigenvalue weighted by Gasteiger charge is 2.59. The monoisotopic (exact) mass is 334 g/mol. The van der Waals surface area contributed by atoms with Crippen LogP contribution >= 0.6 is 0 Å². The highest BCUT2D eigenvalue weighted by atomic mass is 16.3. The molecule has 0 bridgehead atoms. The summed E-state index contributed by atoms with van der Waals surface area (Å²) in [6, 6.07) is 0. The van der Waals surface area contributed by atoms with Crippen molar-refractivity contribution in [1.29, 1.82) is 0 Å². The van der Waals surface area contributed by atoms with Crippen molar-refractivity contribution >= 4 is 0 Å². The standard InChI is InChI=1S/C21H34O3/c1-12(22)15-4-5-16-14-11-19(24)18-10-13(23)6-8-21(18,3)17(14)7-9-20(15,16)2/h7,12-16,18-19,22-24H,4-6,8-11H2,1-3H3/t12-,13+,14?,15?,16?,18-,19+,20-,21-/m1/s1. The highest BCUT2D eigenvalue weighted by molar-refractivity contribution is 5.30. The van der Waals surface area contributed by atoms with Crippen molar-refractivity contribution < 1.29 is 15.3 Å². The van der Waals surface area contributed by atoms with E-state index in [4.69, 9.17) is 0 Å². The van der Waals surface area contributed by atoms with Crippen molar-refractivity contribution in [2.75, 3.05) is 0 Å². The van der Waals surface area contributed by atoms with E-state index in [2.05, 4.69) is 19.9 Å². The third-order valence-electron chi connectivity index (χ3n) is 8.67. The number of hydrogen-bond donors (Lipinski definition) is 3. The van der Waals surface area contributed by atoms with Gasteiger partial charge in [0.25, 0.3) is 0 Å². The Morgan fingerprint density at radius 2 is 1.83 bits per heavy atom. The van der Waals surface area contributed by atoms with E-state index >= 15 is 0 Å². The average molecular weight is 335 g/mol. The fourth-order valence-corrected chi connectivity index (χ4v) is 7.38. The summed E-state index contributed by atoms with van der Waals surface area (Å²) >= 11 is 0. The maximum atomic E-state index is 10.9. The van der Waals surface area contributed by atoms with E-state index in [0.717, 1.165) is 38.5 Å². The topological polar surface area (TPSA) is 60.7 Å². The minimum absolute atomic E-state index is 0.0613. The van der Waals surface area contributed by atoms with Crippen molar-refractivity contribution in [1.82, 2.24) is 0 Å². The molecule has 4 aliphatic carbocycles. The molecule has 3 nitrogen and oxygen atoms in total. The van der Waals surface area contributed by atoms with E-state index in [-0.39, 0.29) is 35.1 Å². The van der Waals surface area contributed by atoms with Gasteiger partial charge in [-0.1, -0.05) is 25.5 Å². The van der Waals surface area contributed by atoms with Gasteiger partial charge < -0.3 is 15.3 Å². The van der Waals surface area contributed by atoms with Crippen molar-refractivity contribution in [3.05, 3.63) is 11.6 Å². The molecule has 0 aromatic rings. The first-order valence-electron chi connectivity index (χ1n) is 10.0. The van der Waals surface area contributed by atoms with Gasteiger partial charge in [-0.15, -0.1) is 0 Å². The lowest BCUT2D eigenvalue weighted by molar-refractivity contribution is -0.0846. The Morgan fingerprint density at radius 3 is 2.54 bits per heavy atom. The van der Waals surface area contributed by atoms with Gasteiger partial charge in [-0.25, -0.2) is 0 Å². The summed E-state index contributed by atoms with van der Waals surface area (Å²) in [7, 11) is 0. The van der Waals surface area contributed by atoms with Crippen LogP contribution in [0.2, 0.25) is 0 Å². The van der Waals surface area contributed by atoms with Gasteiger partial charge in [0.1, 0.15) is 0 Å². The summed E-state index contributed by atoms with van der Waals surface area (Å²) in [5.41, 5.74) is 1.82. The zero-order valence-corrected chi connectivity index (χ0v) is 15.4. The summed E-state index contributed by atoms with van der Waals surface area (Å²) in [5, 5.41) is 31.3. The molecule has 3 fully saturated rings. The maximum Gasteiger partial charge on any atom is 0.0583 e. The Hall–Kier alpha value is -0.380. The van der Waals surface area contributed by atoms with Gasteiger partial charge in [0.2, 0.25) is 0 Å². The molecular weight excluding hydrogens is 300 g/mol. The summed E-state index contributed by atoms with van der Waals surface area (Å²) in [6.07, 6.45) is 8.55. The predicted octanol–water partition coefficient (Wildman–Crippen LogP) is 3.28. The summed E-state index contributed by atoms with van der Waals surface area (Å²) < 4.78 is 0. The zero-order valence-electron chi connectivity index (χ0n) is 15.4. The molecule has 136 valence electrons. The van der Waals surface area contributed by atoms with Crippen LogP contribution in [-0.2, 0) is 0 Å². The molecule has 24 heavy (non-hydrogen) atoms.